The topological polar surface area (TPSA) is 82.7 Å². The van der Waals surface area contributed by atoms with E-state index in [1.165, 1.54) is 18.2 Å². The zero-order valence-corrected chi connectivity index (χ0v) is 5.89. The Morgan fingerprint density at radius 2 is 1.67 bits per heavy atom. The van der Waals surface area contributed by atoms with Crippen LogP contribution in [0.4, 0.5) is 11.4 Å². The van der Waals surface area contributed by atoms with E-state index in [0.717, 1.165) is 0 Å². The quantitative estimate of drug-likeness (QED) is 0.624. The molecule has 1 rings (SSSR count). The third-order valence-electron chi connectivity index (χ3n) is 1.33. The van der Waals surface area contributed by atoms with Crippen LogP contribution < -0.4 is 0 Å². The van der Waals surface area contributed by atoms with Crippen LogP contribution in [-0.4, -0.2) is 0 Å². The van der Waals surface area contributed by atoms with E-state index in [4.69, 9.17) is 5.26 Å². The van der Waals surface area contributed by atoms with Gasteiger partial charge in [0.2, 0.25) is 0 Å². The van der Waals surface area contributed by atoms with Crippen molar-refractivity contribution in [2.24, 2.45) is 10.4 Å². The van der Waals surface area contributed by atoms with Crippen LogP contribution in [0.5, 0.6) is 0 Å². The molecule has 5 heteroatoms. The van der Waals surface area contributed by atoms with Crippen molar-refractivity contribution in [1.82, 2.24) is 0 Å². The van der Waals surface area contributed by atoms with Crippen molar-refractivity contribution >= 4 is 11.4 Å². The normalized spacial score (nSPS) is 8.58. The van der Waals surface area contributed by atoms with Crippen LogP contribution in [0.25, 0.3) is 0 Å². The molecule has 1 aromatic carbocycles. The first kappa shape index (κ1) is 8.01. The van der Waals surface area contributed by atoms with Gasteiger partial charge in [-0.05, 0) is 22.5 Å². The van der Waals surface area contributed by atoms with Crippen LogP contribution in [0, 0.1) is 21.1 Å². The minimum Gasteiger partial charge on any atom is -0.192 e. The van der Waals surface area contributed by atoms with Gasteiger partial charge in [0, 0.05) is 0 Å². The molecule has 0 aliphatic carbocycles. The minimum absolute atomic E-state index is 0.0606. The Balaban J connectivity index is 3.44. The number of hydrogen-bond donors (Lipinski definition) is 0. The molecule has 0 unspecified atom stereocenters. The Labute approximate surface area is 67.6 Å². The van der Waals surface area contributed by atoms with E-state index in [9.17, 15) is 9.81 Å². The SMILES string of the molecule is N#Cc1c(N=O)cccc1N=O. The highest BCUT2D eigenvalue weighted by Gasteiger charge is 2.07. The van der Waals surface area contributed by atoms with Crippen molar-refractivity contribution < 1.29 is 0 Å². The lowest BCUT2D eigenvalue weighted by Crippen LogP contribution is -1.75. The highest BCUT2D eigenvalue weighted by atomic mass is 16.3. The molecular weight excluding hydrogens is 158 g/mol. The Bertz CT molecular complexity index is 341. The van der Waals surface area contributed by atoms with Crippen molar-refractivity contribution in [3.63, 3.8) is 0 Å². The summed E-state index contributed by atoms with van der Waals surface area (Å²) in [6, 6.07) is 5.81. The molecule has 0 aliphatic rings. The average Bonchev–Trinajstić information content (AvgIpc) is 2.16. The molecule has 0 fully saturated rings. The second kappa shape index (κ2) is 3.34. The molecule has 0 saturated heterocycles. The van der Waals surface area contributed by atoms with Gasteiger partial charge in [-0.25, -0.2) is 0 Å². The monoisotopic (exact) mass is 161 g/mol. The number of benzene rings is 1. The maximum Gasteiger partial charge on any atom is 0.128 e. The van der Waals surface area contributed by atoms with E-state index < -0.39 is 0 Å². The average molecular weight is 161 g/mol. The van der Waals surface area contributed by atoms with E-state index in [1.54, 1.807) is 6.07 Å². The number of nitrogens with zero attached hydrogens (tertiary/aromatic N) is 3. The first-order chi connectivity index (χ1) is 5.83. The summed E-state index contributed by atoms with van der Waals surface area (Å²) in [6.07, 6.45) is 0. The van der Waals surface area contributed by atoms with Crippen molar-refractivity contribution in [2.75, 3.05) is 0 Å². The van der Waals surface area contributed by atoms with Gasteiger partial charge in [-0.2, -0.15) is 5.26 Å². The number of nitroso groups, excluding NO2 is 2. The van der Waals surface area contributed by atoms with Crippen LogP contribution in [0.1, 0.15) is 5.56 Å². The molecule has 0 aliphatic heterocycles. The number of hydrogen-bond acceptors (Lipinski definition) is 5. The van der Waals surface area contributed by atoms with Crippen molar-refractivity contribution in [3.05, 3.63) is 33.6 Å². The fourth-order valence-electron chi connectivity index (χ4n) is 0.795. The molecule has 0 radical (unpaired) electrons. The lowest BCUT2D eigenvalue weighted by Gasteiger charge is -1.93. The van der Waals surface area contributed by atoms with Gasteiger partial charge in [0.25, 0.3) is 0 Å². The maximum atomic E-state index is 10.1. The predicted molar refractivity (Wildman–Crippen MR) is 42.1 cm³/mol. The summed E-state index contributed by atoms with van der Waals surface area (Å²) in [4.78, 5) is 20.2. The Morgan fingerprint density at radius 1 is 1.17 bits per heavy atom. The molecule has 5 nitrogen and oxygen atoms in total. The van der Waals surface area contributed by atoms with Crippen molar-refractivity contribution in [2.45, 2.75) is 0 Å². The summed E-state index contributed by atoms with van der Waals surface area (Å²) >= 11 is 0. The highest BCUT2D eigenvalue weighted by molar-refractivity contribution is 5.66. The van der Waals surface area contributed by atoms with Crippen LogP contribution in [-0.2, 0) is 0 Å². The predicted octanol–water partition coefficient (Wildman–Crippen LogP) is 2.35. The fraction of sp³-hybridized carbons (Fsp3) is 0. The second-order valence-corrected chi connectivity index (χ2v) is 1.97. The number of rotatable bonds is 2. The molecule has 58 valence electrons. The minimum atomic E-state index is -0.0810. The van der Waals surface area contributed by atoms with Gasteiger partial charge in [0.05, 0.1) is 0 Å². The Hall–Kier alpha value is -2.09. The van der Waals surface area contributed by atoms with Crippen molar-refractivity contribution in [1.29, 1.82) is 5.26 Å². The smallest absolute Gasteiger partial charge is 0.128 e. The molecule has 0 atom stereocenters. The van der Waals surface area contributed by atoms with Crippen LogP contribution >= 0.6 is 0 Å². The van der Waals surface area contributed by atoms with Gasteiger partial charge in [0.15, 0.2) is 0 Å². The zero-order valence-electron chi connectivity index (χ0n) is 5.89. The van der Waals surface area contributed by atoms with Gasteiger partial charge in [-0.15, -0.1) is 9.81 Å². The molecule has 1 aromatic rings. The summed E-state index contributed by atoms with van der Waals surface area (Å²) < 4.78 is 0. The van der Waals surface area contributed by atoms with Crippen LogP contribution in [0.3, 0.4) is 0 Å². The maximum absolute atomic E-state index is 10.1. The van der Waals surface area contributed by atoms with E-state index in [1.807, 2.05) is 0 Å². The Morgan fingerprint density at radius 3 is 2.00 bits per heavy atom. The van der Waals surface area contributed by atoms with Crippen LogP contribution in [0.2, 0.25) is 0 Å². The third-order valence-corrected chi connectivity index (χ3v) is 1.33. The van der Waals surface area contributed by atoms with Gasteiger partial charge in [-0.3, -0.25) is 0 Å². The molecule has 0 heterocycles. The van der Waals surface area contributed by atoms with E-state index >= 15 is 0 Å². The van der Waals surface area contributed by atoms with Gasteiger partial charge >= 0.3 is 0 Å². The fourth-order valence-corrected chi connectivity index (χ4v) is 0.795. The Kier molecular flexibility index (Phi) is 2.23. The number of nitriles is 1. The summed E-state index contributed by atoms with van der Waals surface area (Å²) in [6.45, 7) is 0. The molecule has 12 heavy (non-hydrogen) atoms. The highest BCUT2D eigenvalue weighted by Crippen LogP contribution is 2.27. The van der Waals surface area contributed by atoms with E-state index in [-0.39, 0.29) is 16.9 Å². The van der Waals surface area contributed by atoms with Gasteiger partial charge < -0.3 is 0 Å². The summed E-state index contributed by atoms with van der Waals surface area (Å²) in [5.74, 6) is 0. The van der Waals surface area contributed by atoms with Gasteiger partial charge in [0.1, 0.15) is 23.0 Å². The second-order valence-electron chi connectivity index (χ2n) is 1.97. The van der Waals surface area contributed by atoms with Crippen molar-refractivity contribution in [3.8, 4) is 6.07 Å². The largest absolute Gasteiger partial charge is 0.192 e. The summed E-state index contributed by atoms with van der Waals surface area (Å²) in [5, 5.41) is 13.7. The molecule has 0 spiro atoms. The van der Waals surface area contributed by atoms with Crippen LogP contribution in [0.15, 0.2) is 28.6 Å². The third kappa shape index (κ3) is 1.18. The first-order valence-electron chi connectivity index (χ1n) is 3.03. The molecule has 0 saturated carbocycles. The standard InChI is InChI=1S/C7H3N3O2/c8-4-5-6(9-11)2-1-3-7(5)10-12/h1-3H. The molecule has 0 bridgehead atoms. The molecule has 0 N–H and O–H groups in total. The van der Waals surface area contributed by atoms with E-state index in [2.05, 4.69) is 10.4 Å². The van der Waals surface area contributed by atoms with E-state index in [0.29, 0.717) is 0 Å². The molecular formula is C7H3N3O2. The zero-order chi connectivity index (χ0) is 8.97. The molecule has 0 aromatic heterocycles. The lowest BCUT2D eigenvalue weighted by atomic mass is 10.1. The lowest BCUT2D eigenvalue weighted by molar-refractivity contribution is 1.38. The molecule has 0 amide bonds. The first-order valence-corrected chi connectivity index (χ1v) is 3.03. The summed E-state index contributed by atoms with van der Waals surface area (Å²) in [7, 11) is 0. The van der Waals surface area contributed by atoms with Gasteiger partial charge in [-0.1, -0.05) is 6.07 Å². The summed E-state index contributed by atoms with van der Waals surface area (Å²) in [5.41, 5.74) is -0.202.